The zero-order valence-corrected chi connectivity index (χ0v) is 19.1. The summed E-state index contributed by atoms with van der Waals surface area (Å²) in [5, 5.41) is 13.0. The van der Waals surface area contributed by atoms with Crippen LogP contribution in [-0.4, -0.2) is 36.9 Å². The Morgan fingerprint density at radius 2 is 1.84 bits per heavy atom. The number of nitrogens with one attached hydrogen (secondary N) is 1. The van der Waals surface area contributed by atoms with E-state index in [1.165, 1.54) is 11.3 Å². The first-order valence-corrected chi connectivity index (χ1v) is 11.6. The van der Waals surface area contributed by atoms with Crippen LogP contribution in [0.1, 0.15) is 63.5 Å². The van der Waals surface area contributed by atoms with Crippen molar-refractivity contribution in [1.82, 2.24) is 0 Å². The lowest BCUT2D eigenvalue weighted by Crippen LogP contribution is -2.39. The van der Waals surface area contributed by atoms with Crippen molar-refractivity contribution in [1.29, 1.82) is 0 Å². The monoisotopic (exact) mass is 424 g/mol. The van der Waals surface area contributed by atoms with Crippen LogP contribution in [0.3, 0.4) is 0 Å². The van der Waals surface area contributed by atoms with Crippen LogP contribution < -0.4 is 10.2 Å². The summed E-state index contributed by atoms with van der Waals surface area (Å²) in [7, 11) is 0. The fraction of sp³-hybridized carbons (Fsp3) is 0.500. The molecule has 1 unspecified atom stereocenters. The van der Waals surface area contributed by atoms with E-state index in [-0.39, 0.29) is 12.3 Å². The van der Waals surface area contributed by atoms with Gasteiger partial charge in [0.05, 0.1) is 17.8 Å². The van der Waals surface area contributed by atoms with Gasteiger partial charge in [0.1, 0.15) is 0 Å². The van der Waals surface area contributed by atoms with E-state index < -0.39 is 5.97 Å². The van der Waals surface area contributed by atoms with E-state index in [1.807, 2.05) is 0 Å². The predicted molar refractivity (Wildman–Crippen MR) is 128 cm³/mol. The van der Waals surface area contributed by atoms with Crippen molar-refractivity contribution in [2.24, 2.45) is 0 Å². The molecule has 0 spiro atoms. The number of nitrogens with zero attached hydrogens (tertiary/aromatic N) is 1. The van der Waals surface area contributed by atoms with Gasteiger partial charge in [-0.3, -0.25) is 4.79 Å². The Balaban J connectivity index is 1.97. The average molecular weight is 425 g/mol. The molecule has 0 aliphatic carbocycles. The van der Waals surface area contributed by atoms with Crippen molar-refractivity contribution in [3.05, 3.63) is 53.6 Å². The quantitative estimate of drug-likeness (QED) is 0.492. The fourth-order valence-corrected chi connectivity index (χ4v) is 4.47. The summed E-state index contributed by atoms with van der Waals surface area (Å²) in [6, 6.07) is 15.4. The fourth-order valence-electron chi connectivity index (χ4n) is 4.47. The minimum absolute atomic E-state index is 0.00715. The summed E-state index contributed by atoms with van der Waals surface area (Å²) in [4.78, 5) is 13.8. The highest BCUT2D eigenvalue weighted by molar-refractivity contribution is 5.77. The molecule has 1 aliphatic rings. The smallest absolute Gasteiger partial charge is 0.303 e. The van der Waals surface area contributed by atoms with Crippen LogP contribution in [0.25, 0.3) is 0 Å². The molecular weight excluding hydrogens is 388 g/mol. The van der Waals surface area contributed by atoms with Crippen LogP contribution >= 0.6 is 0 Å². The van der Waals surface area contributed by atoms with Gasteiger partial charge in [0, 0.05) is 31.5 Å². The third-order valence-electron chi connectivity index (χ3n) is 6.33. The number of anilines is 3. The Morgan fingerprint density at radius 3 is 2.42 bits per heavy atom. The molecule has 2 aromatic carbocycles. The molecule has 0 bridgehead atoms. The van der Waals surface area contributed by atoms with E-state index in [9.17, 15) is 9.90 Å². The summed E-state index contributed by atoms with van der Waals surface area (Å²) in [5.41, 5.74) is 5.64. The van der Waals surface area contributed by atoms with Gasteiger partial charge in [-0.1, -0.05) is 32.0 Å². The second-order valence-electron chi connectivity index (χ2n) is 8.28. The Labute approximate surface area is 186 Å². The van der Waals surface area contributed by atoms with Gasteiger partial charge >= 0.3 is 5.97 Å². The van der Waals surface area contributed by atoms with Gasteiger partial charge in [-0.15, -0.1) is 0 Å². The van der Waals surface area contributed by atoms with E-state index in [0.717, 1.165) is 62.4 Å². The molecule has 2 N–H and O–H groups in total. The first-order chi connectivity index (χ1) is 15.0. The van der Waals surface area contributed by atoms with Crippen LogP contribution in [0.4, 0.5) is 17.1 Å². The molecule has 5 nitrogen and oxygen atoms in total. The lowest BCUT2D eigenvalue weighted by molar-refractivity contribution is -0.137. The van der Waals surface area contributed by atoms with Crippen LogP contribution in [0.15, 0.2) is 42.5 Å². The molecule has 1 aliphatic heterocycles. The molecule has 1 saturated heterocycles. The minimum atomic E-state index is -0.752. The van der Waals surface area contributed by atoms with Gasteiger partial charge in [0.2, 0.25) is 0 Å². The van der Waals surface area contributed by atoms with E-state index in [2.05, 4.69) is 73.5 Å². The Bertz CT molecular complexity index is 844. The number of hydrogen-bond acceptors (Lipinski definition) is 4. The predicted octanol–water partition coefficient (Wildman–Crippen LogP) is 5.97. The summed E-state index contributed by atoms with van der Waals surface area (Å²) < 4.78 is 5.58. The van der Waals surface area contributed by atoms with Crippen LogP contribution in [0, 0.1) is 0 Å². The highest BCUT2D eigenvalue weighted by Gasteiger charge is 2.24. The lowest BCUT2D eigenvalue weighted by Gasteiger charge is -2.37. The SMILES string of the molecule is CCc1ccc(Nc2cc(C(CC)CC(=O)O)ccc2N(CC)C2CCOCC2)cc1. The maximum Gasteiger partial charge on any atom is 0.303 e. The number of benzene rings is 2. The van der Waals surface area contributed by atoms with E-state index in [1.54, 1.807) is 0 Å². The van der Waals surface area contributed by atoms with E-state index >= 15 is 0 Å². The number of carbonyl (C=O) groups is 1. The highest BCUT2D eigenvalue weighted by atomic mass is 16.5. The number of carboxylic acid groups (broad SMARTS) is 1. The molecule has 1 heterocycles. The van der Waals surface area contributed by atoms with Crippen molar-refractivity contribution in [2.45, 2.75) is 64.8 Å². The normalized spacial score (nSPS) is 15.5. The molecule has 168 valence electrons. The number of rotatable bonds is 10. The molecule has 2 aromatic rings. The summed E-state index contributed by atoms with van der Waals surface area (Å²) in [6.45, 7) is 8.93. The Hall–Kier alpha value is -2.53. The standard InChI is InChI=1S/C26H36N2O3/c1-4-19-7-10-22(11-8-19)27-24-17-21(20(5-2)18-26(29)30)9-12-25(24)28(6-3)23-13-15-31-16-14-23/h7-12,17,20,23,27H,4-6,13-16,18H2,1-3H3,(H,29,30). The Morgan fingerprint density at radius 1 is 1.13 bits per heavy atom. The van der Waals surface area contributed by atoms with Gasteiger partial charge in [0.25, 0.3) is 0 Å². The summed E-state index contributed by atoms with van der Waals surface area (Å²) in [5.74, 6) is -0.745. The van der Waals surface area contributed by atoms with Crippen LogP contribution in [0.2, 0.25) is 0 Å². The van der Waals surface area contributed by atoms with Gasteiger partial charge < -0.3 is 20.1 Å². The number of carboxylic acids is 1. The molecule has 5 heteroatoms. The topological polar surface area (TPSA) is 61.8 Å². The van der Waals surface area contributed by atoms with Crippen molar-refractivity contribution in [3.8, 4) is 0 Å². The zero-order valence-electron chi connectivity index (χ0n) is 19.1. The molecule has 0 aromatic heterocycles. The van der Waals surface area contributed by atoms with E-state index in [4.69, 9.17) is 4.74 Å². The molecule has 0 saturated carbocycles. The lowest BCUT2D eigenvalue weighted by atomic mass is 9.92. The third-order valence-corrected chi connectivity index (χ3v) is 6.33. The second-order valence-corrected chi connectivity index (χ2v) is 8.28. The summed E-state index contributed by atoms with van der Waals surface area (Å²) >= 11 is 0. The molecule has 0 radical (unpaired) electrons. The molecule has 1 fully saturated rings. The molecule has 3 rings (SSSR count). The number of hydrogen-bond donors (Lipinski definition) is 2. The average Bonchev–Trinajstić information content (AvgIpc) is 2.80. The van der Waals surface area contributed by atoms with Crippen LogP contribution in [0.5, 0.6) is 0 Å². The number of aryl methyl sites for hydroxylation is 1. The number of aliphatic carboxylic acids is 1. The van der Waals surface area contributed by atoms with Crippen molar-refractivity contribution in [3.63, 3.8) is 0 Å². The maximum atomic E-state index is 11.4. The highest BCUT2D eigenvalue weighted by Crippen LogP contribution is 2.36. The van der Waals surface area contributed by atoms with Crippen LogP contribution in [-0.2, 0) is 16.0 Å². The van der Waals surface area contributed by atoms with Crippen molar-refractivity contribution in [2.75, 3.05) is 30.0 Å². The molecule has 31 heavy (non-hydrogen) atoms. The first-order valence-electron chi connectivity index (χ1n) is 11.6. The zero-order chi connectivity index (χ0) is 22.2. The molecular formula is C26H36N2O3. The largest absolute Gasteiger partial charge is 0.481 e. The van der Waals surface area contributed by atoms with Gasteiger partial charge in [-0.25, -0.2) is 0 Å². The maximum absolute atomic E-state index is 11.4. The number of ether oxygens (including phenoxy) is 1. The first kappa shape index (κ1) is 23.1. The second kappa shape index (κ2) is 11.2. The van der Waals surface area contributed by atoms with Gasteiger partial charge in [-0.05, 0) is 73.9 Å². The summed E-state index contributed by atoms with van der Waals surface area (Å²) in [6.07, 6.45) is 4.01. The van der Waals surface area contributed by atoms with E-state index in [0.29, 0.717) is 6.04 Å². The van der Waals surface area contributed by atoms with Gasteiger partial charge in [0.15, 0.2) is 0 Å². The minimum Gasteiger partial charge on any atom is -0.481 e. The third kappa shape index (κ3) is 6.01. The Kier molecular flexibility index (Phi) is 8.35. The molecule has 1 atom stereocenters. The van der Waals surface area contributed by atoms with Crippen molar-refractivity contribution < 1.29 is 14.6 Å². The van der Waals surface area contributed by atoms with Gasteiger partial charge in [-0.2, -0.15) is 0 Å². The van der Waals surface area contributed by atoms with Crippen molar-refractivity contribution >= 4 is 23.0 Å². The molecule has 0 amide bonds.